The van der Waals surface area contributed by atoms with Gasteiger partial charge in [0.05, 0.1) is 0 Å². The first-order valence-corrected chi connectivity index (χ1v) is 3.67. The number of hydrogen-bond acceptors (Lipinski definition) is 6. The molecule has 0 aromatic rings. The molecule has 9 heavy (non-hydrogen) atoms. The van der Waals surface area contributed by atoms with E-state index in [0.29, 0.717) is 0 Å². The molecule has 0 N–H and O–H groups in total. The van der Waals surface area contributed by atoms with Gasteiger partial charge in [-0.2, -0.15) is 0 Å². The average Bonchev–Trinajstić information content (AvgIpc) is 1.25. The fourth-order valence-corrected chi connectivity index (χ4v) is 0. The van der Waals surface area contributed by atoms with Crippen LogP contribution in [0.1, 0.15) is 0 Å². The van der Waals surface area contributed by atoms with Crippen molar-refractivity contribution in [2.24, 2.45) is 0 Å². The maximum Gasteiger partial charge on any atom is 2.00 e. The Balaban J connectivity index is -0.0000000720. The van der Waals surface area contributed by atoms with Crippen molar-refractivity contribution < 1.29 is 28.1 Å². The van der Waals surface area contributed by atoms with Gasteiger partial charge in [-0.05, 0) is 0 Å². The summed E-state index contributed by atoms with van der Waals surface area (Å²) in [4.78, 5) is 34.1. The summed E-state index contributed by atoms with van der Waals surface area (Å²) >= 11 is 0. The average molecular weight is 192 g/mol. The molecule has 0 unspecified atom stereocenters. The minimum atomic E-state index is -3.63. The molecule has 0 aromatic carbocycles. The molecule has 0 aliphatic carbocycles. The largest absolute Gasteiger partial charge is 2.00 e. The Hall–Kier alpha value is 0.494. The zero-order valence-corrected chi connectivity index (χ0v) is 8.36. The second-order valence-corrected chi connectivity index (χ2v) is 1.50. The first-order valence-electron chi connectivity index (χ1n) is 1.22. The summed E-state index contributed by atoms with van der Waals surface area (Å²) in [6, 6.07) is 0. The molecule has 0 saturated heterocycles. The van der Waals surface area contributed by atoms with Crippen LogP contribution in [-0.2, 0) is 8.92 Å². The van der Waals surface area contributed by atoms with Crippen LogP contribution >= 0.6 is 0 Å². The van der Waals surface area contributed by atoms with Crippen LogP contribution in [0.25, 0.3) is 0 Å². The molecule has 0 aliphatic rings. The van der Waals surface area contributed by atoms with E-state index in [2.05, 4.69) is 0 Å². The predicted molar refractivity (Wildman–Crippen MR) is 18.6 cm³/mol. The Morgan fingerprint density at radius 2 is 0.778 bits per heavy atom. The van der Waals surface area contributed by atoms with Crippen LogP contribution in [0.5, 0.6) is 0 Å². The molecule has 0 radical (unpaired) electrons. The molecule has 6 nitrogen and oxygen atoms in total. The third kappa shape index (κ3) is 1470. The van der Waals surface area contributed by atoms with Crippen LogP contribution in [-0.4, -0.2) is 56.1 Å². The van der Waals surface area contributed by atoms with E-state index in [0.717, 1.165) is 0 Å². The molecular weight excluding hydrogens is 192 g/mol. The summed E-state index contributed by atoms with van der Waals surface area (Å²) in [7, 11) is -7.26. The van der Waals surface area contributed by atoms with Crippen LogP contribution in [0.15, 0.2) is 0 Å². The van der Waals surface area contributed by atoms with Gasteiger partial charge >= 0.3 is 37.7 Å². The van der Waals surface area contributed by atoms with E-state index in [-0.39, 0.29) is 37.7 Å². The number of rotatable bonds is 0. The van der Waals surface area contributed by atoms with Crippen molar-refractivity contribution in [3.8, 4) is 0 Å². The summed E-state index contributed by atoms with van der Waals surface area (Å²) < 4.78 is 17.0. The van der Waals surface area contributed by atoms with Gasteiger partial charge in [0.1, 0.15) is 0 Å². The fraction of sp³-hybridized carbons (Fsp3) is 0. The number of hydrogen-bond donors (Lipinski definition) is 0. The second kappa shape index (κ2) is 11.3. The van der Waals surface area contributed by atoms with Gasteiger partial charge in [-0.1, -0.05) is 0 Å². The van der Waals surface area contributed by atoms with Gasteiger partial charge < -0.3 is 28.1 Å². The molecule has 0 amide bonds. The first kappa shape index (κ1) is 16.2. The van der Waals surface area contributed by atoms with Crippen molar-refractivity contribution in [1.29, 1.82) is 0 Å². The molecule has 0 heterocycles. The van der Waals surface area contributed by atoms with Gasteiger partial charge in [-0.25, -0.2) is 0 Å². The predicted octanol–water partition coefficient (Wildman–Crippen LogP) is -6.14. The Morgan fingerprint density at radius 1 is 0.778 bits per heavy atom. The smallest absolute Gasteiger partial charge is 0.672 e. The Labute approximate surface area is 83.6 Å². The first-order chi connectivity index (χ1) is 3.46. The van der Waals surface area contributed by atoms with E-state index in [4.69, 9.17) is 28.1 Å². The minimum Gasteiger partial charge on any atom is -0.672 e. The minimum absolute atomic E-state index is 0. The monoisotopic (exact) mass is 192 g/mol. The van der Waals surface area contributed by atoms with Gasteiger partial charge in [-0.3, -0.25) is 0 Å². The Kier molecular flexibility index (Phi) is 20.4. The van der Waals surface area contributed by atoms with E-state index < -0.39 is 18.3 Å². The maximum absolute atomic E-state index is 8.52. The zero-order chi connectivity index (χ0) is 7.15. The molecule has 0 bridgehead atoms. The topological polar surface area (TPSA) is 126 Å². The standard InChI is InChI=1S/Ca.2O3Si/c;2*1-4(2)3/q+2;2*-2. The summed E-state index contributed by atoms with van der Waals surface area (Å²) in [6.07, 6.45) is 0. The maximum atomic E-state index is 8.52. The second-order valence-electron chi connectivity index (χ2n) is 0.500. The molecule has 0 saturated carbocycles. The fourth-order valence-electron chi connectivity index (χ4n) is 0. The SMILES string of the molecule is O=[Si]([O-])[O-].O=[Si]([O-])[O-].[Ca+2]. The third-order valence-corrected chi connectivity index (χ3v) is 0. The van der Waals surface area contributed by atoms with Gasteiger partial charge in [0.2, 0.25) is 0 Å². The summed E-state index contributed by atoms with van der Waals surface area (Å²) in [6.45, 7) is 0. The molecule has 48 valence electrons. The van der Waals surface area contributed by atoms with Crippen LogP contribution in [0.2, 0.25) is 0 Å². The third-order valence-electron chi connectivity index (χ3n) is 0. The molecule has 0 fully saturated rings. The normalized spacial score (nSPS) is 5.33. The van der Waals surface area contributed by atoms with E-state index in [1.807, 2.05) is 0 Å². The van der Waals surface area contributed by atoms with Crippen molar-refractivity contribution in [2.45, 2.75) is 0 Å². The van der Waals surface area contributed by atoms with Crippen LogP contribution in [0, 0.1) is 0 Å². The molecule has 0 spiro atoms. The van der Waals surface area contributed by atoms with Crippen LogP contribution in [0.3, 0.4) is 0 Å². The van der Waals surface area contributed by atoms with Gasteiger partial charge in [-0.15, -0.1) is 0 Å². The molecule has 9 heteroatoms. The van der Waals surface area contributed by atoms with Crippen LogP contribution in [0.4, 0.5) is 0 Å². The Bertz CT molecular complexity index is 69.1. The quantitative estimate of drug-likeness (QED) is 0.351. The molecular formula is CaO6Si2-2. The van der Waals surface area contributed by atoms with Crippen molar-refractivity contribution in [2.75, 3.05) is 0 Å². The zero-order valence-electron chi connectivity index (χ0n) is 4.16. The van der Waals surface area contributed by atoms with Gasteiger partial charge in [0, 0.05) is 18.3 Å². The van der Waals surface area contributed by atoms with E-state index >= 15 is 0 Å². The van der Waals surface area contributed by atoms with Crippen molar-refractivity contribution in [3.05, 3.63) is 0 Å². The molecule has 0 rings (SSSR count). The molecule has 0 aromatic heterocycles. The van der Waals surface area contributed by atoms with Crippen molar-refractivity contribution in [3.63, 3.8) is 0 Å². The molecule has 0 atom stereocenters. The van der Waals surface area contributed by atoms with Crippen molar-refractivity contribution >= 4 is 56.1 Å². The van der Waals surface area contributed by atoms with E-state index in [1.165, 1.54) is 0 Å². The summed E-state index contributed by atoms with van der Waals surface area (Å²) in [5.41, 5.74) is 0. The van der Waals surface area contributed by atoms with Crippen molar-refractivity contribution in [1.82, 2.24) is 0 Å². The summed E-state index contributed by atoms with van der Waals surface area (Å²) in [5, 5.41) is 0. The van der Waals surface area contributed by atoms with E-state index in [9.17, 15) is 0 Å². The Morgan fingerprint density at radius 3 is 0.778 bits per heavy atom. The summed E-state index contributed by atoms with van der Waals surface area (Å²) in [5.74, 6) is 0. The molecule has 0 aliphatic heterocycles. The van der Waals surface area contributed by atoms with E-state index in [1.54, 1.807) is 0 Å². The van der Waals surface area contributed by atoms with Crippen LogP contribution < -0.4 is 19.2 Å². The van der Waals surface area contributed by atoms with Gasteiger partial charge in [0.25, 0.3) is 0 Å². The van der Waals surface area contributed by atoms with Gasteiger partial charge in [0.15, 0.2) is 0 Å².